The largest absolute Gasteiger partial charge is 0.479 e. The van der Waals surface area contributed by atoms with Gasteiger partial charge in [0.1, 0.15) is 17.6 Å². The predicted octanol–water partition coefficient (Wildman–Crippen LogP) is 3.42. The molecular formula is C19H19FN2O2. The van der Waals surface area contributed by atoms with E-state index >= 15 is 0 Å². The van der Waals surface area contributed by atoms with Crippen molar-refractivity contribution < 1.29 is 13.9 Å². The van der Waals surface area contributed by atoms with Gasteiger partial charge in [-0.1, -0.05) is 38.1 Å². The zero-order valence-corrected chi connectivity index (χ0v) is 13.6. The quantitative estimate of drug-likeness (QED) is 0.885. The van der Waals surface area contributed by atoms with Crippen molar-refractivity contribution in [3.8, 4) is 11.8 Å². The van der Waals surface area contributed by atoms with Gasteiger partial charge in [0.2, 0.25) is 0 Å². The van der Waals surface area contributed by atoms with E-state index in [1.54, 1.807) is 36.4 Å². The molecule has 1 N–H and O–H groups in total. The Morgan fingerprint density at radius 3 is 2.50 bits per heavy atom. The number of nitriles is 1. The molecule has 0 bridgehead atoms. The highest BCUT2D eigenvalue weighted by molar-refractivity contribution is 5.81. The third-order valence-corrected chi connectivity index (χ3v) is 3.51. The van der Waals surface area contributed by atoms with Crippen LogP contribution in [0.1, 0.15) is 25.0 Å². The number of nitrogens with zero attached hydrogens (tertiary/aromatic N) is 1. The van der Waals surface area contributed by atoms with Gasteiger partial charge in [0, 0.05) is 6.54 Å². The summed E-state index contributed by atoms with van der Waals surface area (Å²) in [6, 6.07) is 14.8. The average molecular weight is 326 g/mol. The standard InChI is InChI=1S/C19H19FN2O2/c1-13(2)18(24-17-6-4-3-5-15(17)11-21)19(23)22-12-14-7-9-16(20)10-8-14/h3-10,13,18H,12H2,1-2H3,(H,22,23). The Morgan fingerprint density at radius 2 is 1.88 bits per heavy atom. The van der Waals surface area contributed by atoms with Crippen molar-refractivity contribution in [3.05, 3.63) is 65.5 Å². The van der Waals surface area contributed by atoms with Gasteiger partial charge in [-0.25, -0.2) is 4.39 Å². The lowest BCUT2D eigenvalue weighted by Gasteiger charge is -2.22. The molecule has 2 rings (SSSR count). The molecule has 0 fully saturated rings. The number of nitrogens with one attached hydrogen (secondary N) is 1. The topological polar surface area (TPSA) is 62.1 Å². The van der Waals surface area contributed by atoms with Gasteiger partial charge < -0.3 is 10.1 Å². The maximum atomic E-state index is 12.9. The molecule has 1 amide bonds. The number of carbonyl (C=O) groups is 1. The fraction of sp³-hybridized carbons (Fsp3) is 0.263. The van der Waals surface area contributed by atoms with Gasteiger partial charge in [-0.15, -0.1) is 0 Å². The van der Waals surface area contributed by atoms with Crippen LogP contribution in [0.25, 0.3) is 0 Å². The number of para-hydroxylation sites is 1. The van der Waals surface area contributed by atoms with Gasteiger partial charge in [0.15, 0.2) is 6.10 Å². The molecule has 4 nitrogen and oxygen atoms in total. The van der Waals surface area contributed by atoms with Crippen molar-refractivity contribution >= 4 is 5.91 Å². The Balaban J connectivity index is 2.05. The molecule has 2 aromatic rings. The predicted molar refractivity (Wildman–Crippen MR) is 88.7 cm³/mol. The molecule has 0 spiro atoms. The van der Waals surface area contributed by atoms with Crippen molar-refractivity contribution in [2.24, 2.45) is 5.92 Å². The molecular weight excluding hydrogens is 307 g/mol. The fourth-order valence-corrected chi connectivity index (χ4v) is 2.18. The van der Waals surface area contributed by atoms with E-state index in [0.29, 0.717) is 11.3 Å². The third-order valence-electron chi connectivity index (χ3n) is 3.51. The molecule has 0 saturated heterocycles. The van der Waals surface area contributed by atoms with Crippen molar-refractivity contribution in [2.45, 2.75) is 26.5 Å². The van der Waals surface area contributed by atoms with Crippen LogP contribution >= 0.6 is 0 Å². The molecule has 124 valence electrons. The number of hydrogen-bond acceptors (Lipinski definition) is 3. The van der Waals surface area contributed by atoms with E-state index in [9.17, 15) is 9.18 Å². The van der Waals surface area contributed by atoms with Crippen LogP contribution in [-0.2, 0) is 11.3 Å². The van der Waals surface area contributed by atoms with Crippen LogP contribution in [0.15, 0.2) is 48.5 Å². The second-order valence-corrected chi connectivity index (χ2v) is 5.73. The second kappa shape index (κ2) is 8.11. The summed E-state index contributed by atoms with van der Waals surface area (Å²) >= 11 is 0. The Labute approximate surface area is 140 Å². The number of amides is 1. The first-order valence-corrected chi connectivity index (χ1v) is 7.69. The van der Waals surface area contributed by atoms with Crippen LogP contribution in [0.3, 0.4) is 0 Å². The minimum Gasteiger partial charge on any atom is -0.479 e. The zero-order valence-electron chi connectivity index (χ0n) is 13.6. The second-order valence-electron chi connectivity index (χ2n) is 5.73. The van der Waals surface area contributed by atoms with Crippen LogP contribution in [0.4, 0.5) is 4.39 Å². The molecule has 0 aromatic heterocycles. The lowest BCUT2D eigenvalue weighted by atomic mass is 10.1. The van der Waals surface area contributed by atoms with Gasteiger partial charge in [-0.2, -0.15) is 5.26 Å². The number of carbonyl (C=O) groups excluding carboxylic acids is 1. The van der Waals surface area contributed by atoms with Crippen molar-refractivity contribution in [1.82, 2.24) is 5.32 Å². The number of hydrogen-bond donors (Lipinski definition) is 1. The first-order chi connectivity index (χ1) is 11.5. The first kappa shape index (κ1) is 17.5. The number of halogens is 1. The zero-order chi connectivity index (χ0) is 17.5. The van der Waals surface area contributed by atoms with Gasteiger partial charge in [0.25, 0.3) is 5.91 Å². The molecule has 1 atom stereocenters. The van der Waals surface area contributed by atoms with Crippen LogP contribution in [0, 0.1) is 23.1 Å². The Morgan fingerprint density at radius 1 is 1.21 bits per heavy atom. The monoisotopic (exact) mass is 326 g/mol. The molecule has 0 saturated carbocycles. The molecule has 0 heterocycles. The summed E-state index contributed by atoms with van der Waals surface area (Å²) in [6.07, 6.45) is -0.722. The minimum atomic E-state index is -0.722. The molecule has 0 aliphatic rings. The van der Waals surface area contributed by atoms with Crippen molar-refractivity contribution in [3.63, 3.8) is 0 Å². The molecule has 24 heavy (non-hydrogen) atoms. The minimum absolute atomic E-state index is 0.0787. The SMILES string of the molecule is CC(C)C(Oc1ccccc1C#N)C(=O)NCc1ccc(F)cc1. The van der Waals surface area contributed by atoms with Gasteiger partial charge in [0.05, 0.1) is 5.56 Å². The lowest BCUT2D eigenvalue weighted by Crippen LogP contribution is -2.41. The van der Waals surface area contributed by atoms with E-state index in [4.69, 9.17) is 10.00 Å². The van der Waals surface area contributed by atoms with Gasteiger partial charge in [-0.3, -0.25) is 4.79 Å². The number of rotatable bonds is 6. The van der Waals surface area contributed by atoms with Crippen LogP contribution in [0.5, 0.6) is 5.75 Å². The van der Waals surface area contributed by atoms with Crippen molar-refractivity contribution in [2.75, 3.05) is 0 Å². The van der Waals surface area contributed by atoms with Crippen LogP contribution in [-0.4, -0.2) is 12.0 Å². The Hall–Kier alpha value is -2.87. The van der Waals surface area contributed by atoms with Crippen LogP contribution in [0.2, 0.25) is 0 Å². The smallest absolute Gasteiger partial charge is 0.261 e. The van der Waals surface area contributed by atoms with Crippen molar-refractivity contribution in [1.29, 1.82) is 5.26 Å². The maximum absolute atomic E-state index is 12.9. The highest BCUT2D eigenvalue weighted by Crippen LogP contribution is 2.21. The molecule has 0 radical (unpaired) electrons. The summed E-state index contributed by atoms with van der Waals surface area (Å²) in [4.78, 5) is 12.4. The summed E-state index contributed by atoms with van der Waals surface area (Å²) in [5.41, 5.74) is 1.18. The molecule has 0 aliphatic carbocycles. The number of ether oxygens (including phenoxy) is 1. The highest BCUT2D eigenvalue weighted by Gasteiger charge is 2.25. The van der Waals surface area contributed by atoms with E-state index < -0.39 is 6.10 Å². The summed E-state index contributed by atoms with van der Waals surface area (Å²) < 4.78 is 18.7. The highest BCUT2D eigenvalue weighted by atomic mass is 19.1. The van der Waals surface area contributed by atoms with E-state index in [1.165, 1.54) is 12.1 Å². The molecule has 1 unspecified atom stereocenters. The average Bonchev–Trinajstić information content (AvgIpc) is 2.59. The van der Waals surface area contributed by atoms with E-state index in [-0.39, 0.29) is 24.2 Å². The summed E-state index contributed by atoms with van der Waals surface area (Å²) in [5.74, 6) is -0.288. The summed E-state index contributed by atoms with van der Waals surface area (Å²) in [7, 11) is 0. The summed E-state index contributed by atoms with van der Waals surface area (Å²) in [5, 5.41) is 11.9. The normalized spacial score (nSPS) is 11.6. The fourth-order valence-electron chi connectivity index (χ4n) is 2.18. The van der Waals surface area contributed by atoms with E-state index in [1.807, 2.05) is 19.9 Å². The molecule has 5 heteroatoms. The lowest BCUT2D eigenvalue weighted by molar-refractivity contribution is -0.130. The van der Waals surface area contributed by atoms with Gasteiger partial charge in [-0.05, 0) is 35.7 Å². The Bertz CT molecular complexity index is 736. The van der Waals surface area contributed by atoms with Crippen LogP contribution < -0.4 is 10.1 Å². The summed E-state index contributed by atoms with van der Waals surface area (Å²) in [6.45, 7) is 4.03. The van der Waals surface area contributed by atoms with Gasteiger partial charge >= 0.3 is 0 Å². The molecule has 0 aliphatic heterocycles. The van der Waals surface area contributed by atoms with E-state index in [0.717, 1.165) is 5.56 Å². The first-order valence-electron chi connectivity index (χ1n) is 7.69. The number of benzene rings is 2. The third kappa shape index (κ3) is 4.56. The maximum Gasteiger partial charge on any atom is 0.261 e. The van der Waals surface area contributed by atoms with E-state index in [2.05, 4.69) is 5.32 Å². The molecule has 2 aromatic carbocycles. The Kier molecular flexibility index (Phi) is 5.91.